The largest absolute Gasteiger partial charge is 0.494 e. The molecule has 1 saturated carbocycles. The first-order chi connectivity index (χ1) is 15.6. The Labute approximate surface area is 186 Å². The molecule has 1 amide bonds. The highest BCUT2D eigenvalue weighted by atomic mass is 16.5. The standard InChI is InChI=1S/C23H27N7O2/c1-32-21-8-16(12-30-22(21)17(9-24)10-27-30)18-11-26-29(13-18)20-6-7-28(14-20)23(31)15-2-4-19(25)5-3-15/h8,10-13,15,19-20H,2-7,14,25H2,1H3/t15-,19-,20-/m1/s1. The average Bonchev–Trinajstić information content (AvgIpc) is 3.57. The molecule has 0 bridgehead atoms. The lowest BCUT2D eigenvalue weighted by Gasteiger charge is -2.28. The van der Waals surface area contributed by atoms with Crippen LogP contribution in [0.15, 0.2) is 30.9 Å². The Balaban J connectivity index is 1.32. The van der Waals surface area contributed by atoms with Gasteiger partial charge >= 0.3 is 0 Å². The van der Waals surface area contributed by atoms with Gasteiger partial charge in [0.2, 0.25) is 5.91 Å². The summed E-state index contributed by atoms with van der Waals surface area (Å²) in [7, 11) is 1.58. The van der Waals surface area contributed by atoms with E-state index in [0.29, 0.717) is 23.4 Å². The summed E-state index contributed by atoms with van der Waals surface area (Å²) >= 11 is 0. The fourth-order valence-electron chi connectivity index (χ4n) is 4.95. The Bertz CT molecular complexity index is 1180. The zero-order chi connectivity index (χ0) is 22.2. The first-order valence-corrected chi connectivity index (χ1v) is 11.1. The lowest BCUT2D eigenvalue weighted by molar-refractivity contribution is -0.135. The molecule has 9 heteroatoms. The quantitative estimate of drug-likeness (QED) is 0.676. The number of nitrogens with two attached hydrogens (primary N) is 1. The molecule has 1 atom stereocenters. The summed E-state index contributed by atoms with van der Waals surface area (Å²) in [6.45, 7) is 1.46. The third-order valence-electron chi connectivity index (χ3n) is 6.82. The molecular weight excluding hydrogens is 406 g/mol. The summed E-state index contributed by atoms with van der Waals surface area (Å²) in [5.41, 5.74) is 8.95. The molecule has 2 fully saturated rings. The van der Waals surface area contributed by atoms with E-state index >= 15 is 0 Å². The molecule has 166 valence electrons. The van der Waals surface area contributed by atoms with Crippen molar-refractivity contribution in [3.63, 3.8) is 0 Å². The Kier molecular flexibility index (Phi) is 5.31. The molecule has 3 aromatic heterocycles. The van der Waals surface area contributed by atoms with Gasteiger partial charge in [0.05, 0.1) is 25.5 Å². The first-order valence-electron chi connectivity index (χ1n) is 11.1. The zero-order valence-electron chi connectivity index (χ0n) is 18.1. The van der Waals surface area contributed by atoms with Gasteiger partial charge in [-0.3, -0.25) is 9.48 Å². The molecule has 0 unspecified atom stereocenters. The molecular formula is C23H27N7O2. The highest BCUT2D eigenvalue weighted by Gasteiger charge is 2.33. The number of methoxy groups -OCH3 is 1. The van der Waals surface area contributed by atoms with Crippen LogP contribution in [0.2, 0.25) is 0 Å². The van der Waals surface area contributed by atoms with Crippen LogP contribution < -0.4 is 10.5 Å². The highest BCUT2D eigenvalue weighted by molar-refractivity contribution is 5.79. The van der Waals surface area contributed by atoms with E-state index in [9.17, 15) is 10.1 Å². The maximum Gasteiger partial charge on any atom is 0.225 e. The molecule has 1 aliphatic heterocycles. The van der Waals surface area contributed by atoms with Crippen LogP contribution in [-0.2, 0) is 4.79 Å². The molecule has 0 spiro atoms. The summed E-state index contributed by atoms with van der Waals surface area (Å²) in [6, 6.07) is 4.46. The van der Waals surface area contributed by atoms with Gasteiger partial charge in [-0.05, 0) is 38.2 Å². The Hall–Kier alpha value is -3.38. The molecule has 32 heavy (non-hydrogen) atoms. The average molecular weight is 434 g/mol. The van der Waals surface area contributed by atoms with Gasteiger partial charge < -0.3 is 15.4 Å². The predicted octanol–water partition coefficient (Wildman–Crippen LogP) is 2.37. The lowest BCUT2D eigenvalue weighted by atomic mass is 9.85. The van der Waals surface area contributed by atoms with Gasteiger partial charge in [0.15, 0.2) is 0 Å². The minimum Gasteiger partial charge on any atom is -0.494 e. The molecule has 1 aliphatic carbocycles. The monoisotopic (exact) mass is 433 g/mol. The molecule has 0 aromatic carbocycles. The van der Waals surface area contributed by atoms with E-state index in [-0.39, 0.29) is 23.9 Å². The van der Waals surface area contributed by atoms with Crippen molar-refractivity contribution in [3.05, 3.63) is 36.4 Å². The van der Waals surface area contributed by atoms with Gasteiger partial charge in [0.25, 0.3) is 0 Å². The molecule has 0 radical (unpaired) electrons. The number of carbonyl (C=O) groups is 1. The summed E-state index contributed by atoms with van der Waals surface area (Å²) in [4.78, 5) is 14.9. The number of pyridine rings is 1. The van der Waals surface area contributed by atoms with Crippen LogP contribution in [0.5, 0.6) is 5.75 Å². The number of nitriles is 1. The van der Waals surface area contributed by atoms with Crippen molar-refractivity contribution < 1.29 is 9.53 Å². The van der Waals surface area contributed by atoms with Crippen molar-refractivity contribution in [1.82, 2.24) is 24.3 Å². The van der Waals surface area contributed by atoms with Crippen LogP contribution in [0.25, 0.3) is 16.6 Å². The van der Waals surface area contributed by atoms with Gasteiger partial charge in [0.1, 0.15) is 22.9 Å². The second kappa shape index (κ2) is 8.28. The highest BCUT2D eigenvalue weighted by Crippen LogP contribution is 2.32. The maximum atomic E-state index is 12.9. The third-order valence-corrected chi connectivity index (χ3v) is 6.82. The Morgan fingerprint density at radius 3 is 2.72 bits per heavy atom. The normalized spacial score (nSPS) is 23.4. The number of carbonyl (C=O) groups excluding carboxylic acids is 1. The summed E-state index contributed by atoms with van der Waals surface area (Å²) in [5, 5.41) is 18.2. The minimum absolute atomic E-state index is 0.119. The Morgan fingerprint density at radius 1 is 1.16 bits per heavy atom. The second-order valence-corrected chi connectivity index (χ2v) is 8.81. The molecule has 4 heterocycles. The van der Waals surface area contributed by atoms with E-state index in [0.717, 1.165) is 49.8 Å². The van der Waals surface area contributed by atoms with E-state index < -0.39 is 0 Å². The number of likely N-dealkylation sites (tertiary alicyclic amines) is 1. The number of ether oxygens (including phenoxy) is 1. The SMILES string of the molecule is COc1cc(-c2cnn([C@@H]3CCN(C(=O)[C@H]4CC[C@H](N)CC4)C3)c2)cn2ncc(C#N)c12. The van der Waals surface area contributed by atoms with Crippen molar-refractivity contribution in [1.29, 1.82) is 5.26 Å². The van der Waals surface area contributed by atoms with Crippen molar-refractivity contribution in [2.75, 3.05) is 20.2 Å². The van der Waals surface area contributed by atoms with Crippen LogP contribution in [0.3, 0.4) is 0 Å². The van der Waals surface area contributed by atoms with Crippen LogP contribution in [0.4, 0.5) is 0 Å². The van der Waals surface area contributed by atoms with Gasteiger partial charge in [-0.1, -0.05) is 0 Å². The zero-order valence-corrected chi connectivity index (χ0v) is 18.1. The molecule has 2 N–H and O–H groups in total. The topological polar surface area (TPSA) is 114 Å². The first kappa shape index (κ1) is 20.5. The van der Waals surface area contributed by atoms with E-state index in [2.05, 4.69) is 16.3 Å². The van der Waals surface area contributed by atoms with Gasteiger partial charge in [0, 0.05) is 48.6 Å². The summed E-state index contributed by atoms with van der Waals surface area (Å²) in [5.74, 6) is 0.983. The molecule has 9 nitrogen and oxygen atoms in total. The number of nitrogens with zero attached hydrogens (tertiary/aromatic N) is 6. The Morgan fingerprint density at radius 2 is 1.97 bits per heavy atom. The van der Waals surface area contributed by atoms with Crippen molar-refractivity contribution in [3.8, 4) is 22.9 Å². The van der Waals surface area contributed by atoms with Crippen molar-refractivity contribution >= 4 is 11.4 Å². The van der Waals surface area contributed by atoms with Gasteiger partial charge in [-0.25, -0.2) is 4.52 Å². The second-order valence-electron chi connectivity index (χ2n) is 8.81. The lowest BCUT2D eigenvalue weighted by Crippen LogP contribution is -2.38. The molecule has 5 rings (SSSR count). The van der Waals surface area contributed by atoms with E-state index in [4.69, 9.17) is 10.5 Å². The maximum absolute atomic E-state index is 12.9. The van der Waals surface area contributed by atoms with E-state index in [1.54, 1.807) is 11.6 Å². The van der Waals surface area contributed by atoms with Gasteiger partial charge in [-0.15, -0.1) is 0 Å². The minimum atomic E-state index is 0.119. The van der Waals surface area contributed by atoms with Gasteiger partial charge in [-0.2, -0.15) is 15.5 Å². The molecule has 1 saturated heterocycles. The fourth-order valence-corrected chi connectivity index (χ4v) is 4.95. The fraction of sp³-hybridized carbons (Fsp3) is 0.478. The summed E-state index contributed by atoms with van der Waals surface area (Å²) in [6.07, 6.45) is 11.8. The number of hydrogen-bond acceptors (Lipinski definition) is 6. The molecule has 3 aromatic rings. The van der Waals surface area contributed by atoms with Crippen molar-refractivity contribution in [2.24, 2.45) is 11.7 Å². The van der Waals surface area contributed by atoms with Crippen molar-refractivity contribution in [2.45, 2.75) is 44.2 Å². The molecule has 2 aliphatic rings. The smallest absolute Gasteiger partial charge is 0.225 e. The predicted molar refractivity (Wildman–Crippen MR) is 118 cm³/mol. The number of rotatable bonds is 4. The van der Waals surface area contributed by atoms with E-state index in [1.807, 2.05) is 34.2 Å². The number of amides is 1. The number of aromatic nitrogens is 4. The number of hydrogen-bond donors (Lipinski definition) is 1. The number of fused-ring (bicyclic) bond motifs is 1. The van der Waals surface area contributed by atoms with Crippen LogP contribution in [0.1, 0.15) is 43.7 Å². The van der Waals surface area contributed by atoms with E-state index in [1.165, 1.54) is 6.20 Å². The van der Waals surface area contributed by atoms with Crippen LogP contribution in [-0.4, -0.2) is 56.4 Å². The summed E-state index contributed by atoms with van der Waals surface area (Å²) < 4.78 is 9.13. The third kappa shape index (κ3) is 3.60. The van der Waals surface area contributed by atoms with Crippen LogP contribution in [0, 0.1) is 17.2 Å². The van der Waals surface area contributed by atoms with Crippen LogP contribution >= 0.6 is 0 Å².